The molecule has 0 aromatic heterocycles. The van der Waals surface area contributed by atoms with Crippen molar-refractivity contribution in [1.29, 1.82) is 0 Å². The Hall–Kier alpha value is -2.19. The molecule has 156 valence electrons. The third kappa shape index (κ3) is 7.62. The van der Waals surface area contributed by atoms with E-state index >= 15 is 0 Å². The Labute approximate surface area is 179 Å². The Balaban J connectivity index is 1.93. The molecule has 1 fully saturated rings. The van der Waals surface area contributed by atoms with E-state index in [2.05, 4.69) is 13.2 Å². The number of esters is 3. The van der Waals surface area contributed by atoms with E-state index in [1.165, 1.54) is 24.6 Å². The van der Waals surface area contributed by atoms with Crippen LogP contribution in [0, 0.1) is 0 Å². The van der Waals surface area contributed by atoms with Gasteiger partial charge in [0.2, 0.25) is 0 Å². The summed E-state index contributed by atoms with van der Waals surface area (Å²) < 4.78 is 15.6. The van der Waals surface area contributed by atoms with E-state index in [1.54, 1.807) is 35.7 Å². The summed E-state index contributed by atoms with van der Waals surface area (Å²) in [5.74, 6) is 1.26. The first-order valence-corrected chi connectivity index (χ1v) is 11.3. The van der Waals surface area contributed by atoms with E-state index in [0.29, 0.717) is 11.5 Å². The molecular weight excluding hydrogens is 412 g/mol. The monoisotopic (exact) mass is 436 g/mol. The summed E-state index contributed by atoms with van der Waals surface area (Å²) in [4.78, 5) is 36.3. The van der Waals surface area contributed by atoms with Gasteiger partial charge in [0.05, 0.1) is 11.1 Å². The maximum Gasteiger partial charge on any atom is 0.339 e. The standard InChI is InChI=1S/C21H24O6S2/c1-14(2)19(22)25-8-9-26-20(23)17-6-4-5-7-18(17)21(24)27-16-12-28-10-15(3)11-29-13-16/h4-7,16H,1,3,8-13H2,2H3. The number of hydrogen-bond donors (Lipinski definition) is 0. The molecule has 6 nitrogen and oxygen atoms in total. The summed E-state index contributed by atoms with van der Waals surface area (Å²) in [5, 5.41) is 0. The van der Waals surface area contributed by atoms with Gasteiger partial charge in [-0.1, -0.05) is 30.9 Å². The molecule has 0 bridgehead atoms. The summed E-state index contributed by atoms with van der Waals surface area (Å²) >= 11 is 3.36. The lowest BCUT2D eigenvalue weighted by Gasteiger charge is -2.21. The first-order valence-electron chi connectivity index (χ1n) is 9.00. The van der Waals surface area contributed by atoms with Gasteiger partial charge >= 0.3 is 17.9 Å². The zero-order chi connectivity index (χ0) is 21.2. The molecule has 2 rings (SSSR count). The number of carbonyl (C=O) groups excluding carboxylic acids is 3. The number of hydrogen-bond acceptors (Lipinski definition) is 8. The lowest BCUT2D eigenvalue weighted by Crippen LogP contribution is -2.26. The van der Waals surface area contributed by atoms with Gasteiger partial charge in [-0.3, -0.25) is 0 Å². The maximum absolute atomic E-state index is 12.6. The van der Waals surface area contributed by atoms with Crippen molar-refractivity contribution in [2.45, 2.75) is 13.0 Å². The molecule has 1 aromatic rings. The third-order valence-corrected chi connectivity index (χ3v) is 6.20. The summed E-state index contributed by atoms with van der Waals surface area (Å²) in [7, 11) is 0. The molecule has 0 radical (unpaired) electrons. The quantitative estimate of drug-likeness (QED) is 0.211. The molecule has 1 aliphatic heterocycles. The van der Waals surface area contributed by atoms with Crippen molar-refractivity contribution >= 4 is 41.4 Å². The molecule has 1 aromatic carbocycles. The maximum atomic E-state index is 12.6. The fourth-order valence-corrected chi connectivity index (χ4v) is 4.54. The number of thioether (sulfide) groups is 2. The van der Waals surface area contributed by atoms with Gasteiger partial charge < -0.3 is 14.2 Å². The van der Waals surface area contributed by atoms with Crippen LogP contribution in [0.2, 0.25) is 0 Å². The predicted octanol–water partition coefficient (Wildman–Crippen LogP) is 3.52. The molecule has 0 amide bonds. The largest absolute Gasteiger partial charge is 0.459 e. The number of rotatable bonds is 7. The Morgan fingerprint density at radius 1 is 1.00 bits per heavy atom. The van der Waals surface area contributed by atoms with Crippen LogP contribution in [0.25, 0.3) is 0 Å². The van der Waals surface area contributed by atoms with E-state index in [1.807, 2.05) is 0 Å². The van der Waals surface area contributed by atoms with Gasteiger partial charge in [-0.15, -0.1) is 0 Å². The summed E-state index contributed by atoms with van der Waals surface area (Å²) in [6.07, 6.45) is -0.240. The smallest absolute Gasteiger partial charge is 0.339 e. The molecule has 1 heterocycles. The van der Waals surface area contributed by atoms with Crippen LogP contribution in [-0.4, -0.2) is 60.2 Å². The molecular formula is C21H24O6S2. The van der Waals surface area contributed by atoms with Gasteiger partial charge in [0.1, 0.15) is 19.3 Å². The SMILES string of the molecule is C=C1CSCC(OC(=O)c2ccccc2C(=O)OCCOC(=O)C(=C)C)CSC1. The van der Waals surface area contributed by atoms with E-state index in [4.69, 9.17) is 14.2 Å². The number of carbonyl (C=O) groups is 3. The minimum absolute atomic E-state index is 0.0914. The number of benzene rings is 1. The molecule has 29 heavy (non-hydrogen) atoms. The molecule has 0 saturated carbocycles. The molecule has 0 atom stereocenters. The minimum Gasteiger partial charge on any atom is -0.459 e. The second-order valence-corrected chi connectivity index (χ2v) is 8.47. The van der Waals surface area contributed by atoms with Crippen molar-refractivity contribution in [2.24, 2.45) is 0 Å². The van der Waals surface area contributed by atoms with Crippen LogP contribution < -0.4 is 0 Å². The highest BCUT2D eigenvalue weighted by Crippen LogP contribution is 2.22. The van der Waals surface area contributed by atoms with Crippen molar-refractivity contribution in [3.05, 3.63) is 59.7 Å². The topological polar surface area (TPSA) is 78.9 Å². The van der Waals surface area contributed by atoms with Crippen molar-refractivity contribution in [3.63, 3.8) is 0 Å². The lowest BCUT2D eigenvalue weighted by molar-refractivity contribution is -0.140. The van der Waals surface area contributed by atoms with Crippen molar-refractivity contribution in [2.75, 3.05) is 36.2 Å². The molecule has 0 aliphatic carbocycles. The van der Waals surface area contributed by atoms with E-state index < -0.39 is 17.9 Å². The van der Waals surface area contributed by atoms with E-state index in [-0.39, 0.29) is 36.0 Å². The predicted molar refractivity (Wildman–Crippen MR) is 115 cm³/mol. The van der Waals surface area contributed by atoms with Crippen LogP contribution in [0.3, 0.4) is 0 Å². The second-order valence-electron chi connectivity index (χ2n) is 6.41. The number of ether oxygens (including phenoxy) is 3. The average molecular weight is 437 g/mol. The fraction of sp³-hybridized carbons (Fsp3) is 0.381. The highest BCUT2D eigenvalue weighted by Gasteiger charge is 2.23. The molecule has 8 heteroatoms. The van der Waals surface area contributed by atoms with Gasteiger partial charge in [0.15, 0.2) is 0 Å². The Kier molecular flexibility index (Phi) is 9.34. The van der Waals surface area contributed by atoms with Crippen LogP contribution in [-0.2, 0) is 19.0 Å². The van der Waals surface area contributed by atoms with Gasteiger partial charge in [-0.2, -0.15) is 23.5 Å². The van der Waals surface area contributed by atoms with E-state index in [9.17, 15) is 14.4 Å². The average Bonchev–Trinajstić information content (AvgIpc) is 2.68. The Morgan fingerprint density at radius 2 is 1.55 bits per heavy atom. The molecule has 0 N–H and O–H groups in total. The van der Waals surface area contributed by atoms with Crippen molar-refractivity contribution < 1.29 is 28.6 Å². The van der Waals surface area contributed by atoms with Crippen LogP contribution in [0.1, 0.15) is 27.6 Å². The molecule has 1 aliphatic rings. The molecule has 0 unspecified atom stereocenters. The van der Waals surface area contributed by atoms with Gasteiger partial charge in [0, 0.05) is 28.6 Å². The second kappa shape index (κ2) is 11.7. The van der Waals surface area contributed by atoms with Crippen molar-refractivity contribution in [1.82, 2.24) is 0 Å². The zero-order valence-corrected chi connectivity index (χ0v) is 17.9. The summed E-state index contributed by atoms with van der Waals surface area (Å²) in [6.45, 7) is 8.78. The highest BCUT2D eigenvalue weighted by atomic mass is 32.2. The zero-order valence-electron chi connectivity index (χ0n) is 16.3. The minimum atomic E-state index is -0.679. The van der Waals surface area contributed by atoms with Crippen molar-refractivity contribution in [3.8, 4) is 0 Å². The Bertz CT molecular complexity index is 777. The third-order valence-electron chi connectivity index (χ3n) is 3.76. The van der Waals surface area contributed by atoms with Gasteiger partial charge in [0.25, 0.3) is 0 Å². The Morgan fingerprint density at radius 3 is 2.14 bits per heavy atom. The first-order chi connectivity index (χ1) is 13.9. The van der Waals surface area contributed by atoms with E-state index in [0.717, 1.165) is 11.5 Å². The van der Waals surface area contributed by atoms with Crippen LogP contribution >= 0.6 is 23.5 Å². The van der Waals surface area contributed by atoms with Crippen LogP contribution in [0.4, 0.5) is 0 Å². The van der Waals surface area contributed by atoms with Gasteiger partial charge in [-0.25, -0.2) is 14.4 Å². The first kappa shape index (κ1) is 23.1. The summed E-state index contributed by atoms with van der Waals surface area (Å²) in [5.41, 5.74) is 1.70. The van der Waals surface area contributed by atoms with Crippen LogP contribution in [0.15, 0.2) is 48.6 Å². The fourth-order valence-electron chi connectivity index (χ4n) is 2.35. The lowest BCUT2D eigenvalue weighted by atomic mass is 10.1. The molecule has 1 saturated heterocycles. The van der Waals surface area contributed by atoms with Crippen LogP contribution in [0.5, 0.6) is 0 Å². The van der Waals surface area contributed by atoms with Gasteiger partial charge in [-0.05, 0) is 19.1 Å². The normalized spacial score (nSPS) is 15.0. The highest BCUT2D eigenvalue weighted by molar-refractivity contribution is 8.01. The summed E-state index contributed by atoms with van der Waals surface area (Å²) in [6, 6.07) is 6.34. The molecule has 0 spiro atoms.